The molecule has 0 aromatic heterocycles. The quantitative estimate of drug-likeness (QED) is 0.278. The summed E-state index contributed by atoms with van der Waals surface area (Å²) in [5.41, 5.74) is 0. The highest BCUT2D eigenvalue weighted by atomic mass is 35.5. The highest BCUT2D eigenvalue weighted by Gasteiger charge is 2.25. The molecular formula is C7H5Cl2NS. The van der Waals surface area contributed by atoms with E-state index in [1.165, 1.54) is 0 Å². The fraction of sp³-hybridized carbons (Fsp3) is 0.286. The van der Waals surface area contributed by atoms with E-state index in [0.29, 0.717) is 11.5 Å². The van der Waals surface area contributed by atoms with E-state index in [9.17, 15) is 0 Å². The smallest absolute Gasteiger partial charge is 0.167 e. The lowest BCUT2D eigenvalue weighted by atomic mass is 10.1. The van der Waals surface area contributed by atoms with Crippen molar-refractivity contribution in [2.45, 2.75) is 11.4 Å². The Kier molecular flexibility index (Phi) is 2.85. The molecule has 0 bridgehead atoms. The Bertz CT molecular complexity index is 266. The summed E-state index contributed by atoms with van der Waals surface area (Å²) in [5, 5.41) is 2.92. The number of allylic oxidation sites excluding steroid dienone is 2. The van der Waals surface area contributed by atoms with Crippen LogP contribution in [-0.2, 0) is 0 Å². The van der Waals surface area contributed by atoms with Crippen molar-refractivity contribution in [2.75, 3.05) is 0 Å². The molecule has 0 spiro atoms. The van der Waals surface area contributed by atoms with Crippen LogP contribution in [0.4, 0.5) is 0 Å². The van der Waals surface area contributed by atoms with Gasteiger partial charge in [-0.2, -0.15) is 0 Å². The average Bonchev–Trinajstić information content (AvgIpc) is 1.86. The van der Waals surface area contributed by atoms with Gasteiger partial charge in [0.1, 0.15) is 0 Å². The maximum atomic E-state index is 5.96. The average molecular weight is 206 g/mol. The molecule has 0 aromatic carbocycles. The maximum absolute atomic E-state index is 5.96. The van der Waals surface area contributed by atoms with Gasteiger partial charge in [-0.25, -0.2) is 4.99 Å². The highest BCUT2D eigenvalue weighted by Crippen LogP contribution is 2.32. The minimum atomic E-state index is -0.798. The van der Waals surface area contributed by atoms with Crippen molar-refractivity contribution in [1.29, 1.82) is 0 Å². The largest absolute Gasteiger partial charge is 0.205 e. The molecule has 0 amide bonds. The summed E-state index contributed by atoms with van der Waals surface area (Å²) in [5.74, 6) is 0. The van der Waals surface area contributed by atoms with Gasteiger partial charge in [0, 0.05) is 11.5 Å². The maximum Gasteiger partial charge on any atom is 0.167 e. The fourth-order valence-corrected chi connectivity index (χ4v) is 1.62. The van der Waals surface area contributed by atoms with E-state index in [-0.39, 0.29) is 0 Å². The molecule has 1 rings (SSSR count). The molecule has 1 unspecified atom stereocenters. The van der Waals surface area contributed by atoms with E-state index in [2.05, 4.69) is 22.4 Å². The molecule has 0 saturated carbocycles. The molecule has 1 atom stereocenters. The third kappa shape index (κ3) is 2.42. The predicted molar refractivity (Wildman–Crippen MR) is 51.3 cm³/mol. The van der Waals surface area contributed by atoms with Crippen LogP contribution in [0.25, 0.3) is 0 Å². The van der Waals surface area contributed by atoms with Crippen molar-refractivity contribution in [1.82, 2.24) is 0 Å². The van der Waals surface area contributed by atoms with Crippen LogP contribution in [0.5, 0.6) is 0 Å². The van der Waals surface area contributed by atoms with Crippen LogP contribution in [0.15, 0.2) is 28.3 Å². The first kappa shape index (κ1) is 8.95. The summed E-state index contributed by atoms with van der Waals surface area (Å²) in [7, 11) is 0. The molecule has 1 nitrogen and oxygen atoms in total. The molecule has 11 heavy (non-hydrogen) atoms. The molecule has 0 N–H and O–H groups in total. The van der Waals surface area contributed by atoms with Gasteiger partial charge in [-0.15, -0.1) is 0 Å². The van der Waals surface area contributed by atoms with Gasteiger partial charge in [0.25, 0.3) is 0 Å². The Balaban J connectivity index is 2.86. The second kappa shape index (κ2) is 3.51. The van der Waals surface area contributed by atoms with E-state index < -0.39 is 5.00 Å². The first-order valence-corrected chi connectivity index (χ1v) is 4.14. The molecule has 0 fully saturated rings. The lowest BCUT2D eigenvalue weighted by molar-refractivity contribution is 0.743. The molecule has 0 aromatic rings. The minimum absolute atomic E-state index is 0.482. The summed E-state index contributed by atoms with van der Waals surface area (Å²) in [6.07, 6.45) is 5.76. The van der Waals surface area contributed by atoms with E-state index in [0.717, 1.165) is 0 Å². The molecule has 0 heterocycles. The lowest BCUT2D eigenvalue weighted by Crippen LogP contribution is -2.16. The van der Waals surface area contributed by atoms with Gasteiger partial charge in [-0.3, -0.25) is 0 Å². The van der Waals surface area contributed by atoms with Crippen molar-refractivity contribution < 1.29 is 0 Å². The Labute approximate surface area is 80.4 Å². The molecule has 0 radical (unpaired) electrons. The first-order valence-electron chi connectivity index (χ1n) is 2.98. The molecule has 1 aliphatic carbocycles. The van der Waals surface area contributed by atoms with Crippen molar-refractivity contribution >= 4 is 40.6 Å². The molecule has 1 aliphatic rings. The van der Waals surface area contributed by atoms with Gasteiger partial charge in [-0.05, 0) is 24.4 Å². The van der Waals surface area contributed by atoms with E-state index in [1.807, 2.05) is 0 Å². The monoisotopic (exact) mass is 205 g/mol. The summed E-state index contributed by atoms with van der Waals surface area (Å²) in [6, 6.07) is 0. The van der Waals surface area contributed by atoms with Crippen LogP contribution in [0, 0.1) is 0 Å². The summed E-state index contributed by atoms with van der Waals surface area (Å²) in [6.45, 7) is 0. The first-order chi connectivity index (χ1) is 5.16. The van der Waals surface area contributed by atoms with Crippen molar-refractivity contribution in [3.05, 3.63) is 23.3 Å². The molecule has 0 aliphatic heterocycles. The number of isothiocyanates is 1. The zero-order chi connectivity index (χ0) is 8.32. The Morgan fingerprint density at radius 3 is 3.00 bits per heavy atom. The van der Waals surface area contributed by atoms with Crippen LogP contribution in [-0.4, -0.2) is 10.2 Å². The number of aliphatic imine (C=N–C) groups is 1. The molecule has 58 valence electrons. The zero-order valence-electron chi connectivity index (χ0n) is 5.55. The SMILES string of the molecule is S=C=NC1(Cl)C=CC=C(Cl)C1. The van der Waals surface area contributed by atoms with Gasteiger partial charge in [0.05, 0.1) is 5.16 Å². The lowest BCUT2D eigenvalue weighted by Gasteiger charge is -2.18. The second-order valence-corrected chi connectivity index (χ2v) is 3.49. The number of alkyl halides is 1. The van der Waals surface area contributed by atoms with Crippen molar-refractivity contribution in [3.63, 3.8) is 0 Å². The second-order valence-electron chi connectivity index (χ2n) is 2.17. The zero-order valence-corrected chi connectivity index (χ0v) is 7.88. The Morgan fingerprint density at radius 2 is 2.45 bits per heavy atom. The highest BCUT2D eigenvalue weighted by molar-refractivity contribution is 7.78. The molecule has 4 heteroatoms. The van der Waals surface area contributed by atoms with E-state index in [4.69, 9.17) is 23.2 Å². The van der Waals surface area contributed by atoms with Crippen LogP contribution in [0.1, 0.15) is 6.42 Å². The molecular weight excluding hydrogens is 201 g/mol. The Hall–Kier alpha value is -0.140. The van der Waals surface area contributed by atoms with Gasteiger partial charge >= 0.3 is 0 Å². The minimum Gasteiger partial charge on any atom is -0.205 e. The van der Waals surface area contributed by atoms with Gasteiger partial charge in [0.15, 0.2) is 5.00 Å². The summed E-state index contributed by atoms with van der Waals surface area (Å²) >= 11 is 16.1. The van der Waals surface area contributed by atoms with Gasteiger partial charge < -0.3 is 0 Å². The van der Waals surface area contributed by atoms with Crippen LogP contribution >= 0.6 is 35.4 Å². The van der Waals surface area contributed by atoms with E-state index >= 15 is 0 Å². The van der Waals surface area contributed by atoms with Crippen molar-refractivity contribution in [2.24, 2.45) is 4.99 Å². The van der Waals surface area contributed by atoms with Crippen LogP contribution < -0.4 is 0 Å². The normalized spacial score (nSPS) is 29.1. The fourth-order valence-electron chi connectivity index (χ4n) is 0.807. The van der Waals surface area contributed by atoms with Crippen molar-refractivity contribution in [3.8, 4) is 0 Å². The summed E-state index contributed by atoms with van der Waals surface area (Å²) < 4.78 is 0. The Morgan fingerprint density at radius 1 is 1.73 bits per heavy atom. The van der Waals surface area contributed by atoms with Gasteiger partial charge in [0.2, 0.25) is 0 Å². The number of hydrogen-bond acceptors (Lipinski definition) is 2. The van der Waals surface area contributed by atoms with Crippen LogP contribution in [0.3, 0.4) is 0 Å². The topological polar surface area (TPSA) is 12.4 Å². The predicted octanol–water partition coefficient (Wildman–Crippen LogP) is 3.11. The third-order valence-electron chi connectivity index (χ3n) is 1.28. The van der Waals surface area contributed by atoms with E-state index in [1.54, 1.807) is 18.2 Å². The number of halogens is 2. The number of rotatable bonds is 1. The molecule has 0 saturated heterocycles. The third-order valence-corrected chi connectivity index (χ3v) is 1.97. The van der Waals surface area contributed by atoms with Crippen LogP contribution in [0.2, 0.25) is 0 Å². The number of nitrogens with zero attached hydrogens (tertiary/aromatic N) is 1. The summed E-state index contributed by atoms with van der Waals surface area (Å²) in [4.78, 5) is 2.99. The standard InChI is InChI=1S/C7H5Cl2NS/c8-6-2-1-3-7(9,4-6)10-5-11/h1-3H,4H2. The number of hydrogen-bond donors (Lipinski definition) is 0. The van der Waals surface area contributed by atoms with Gasteiger partial charge in [-0.1, -0.05) is 29.3 Å². The number of thiocarbonyl (C=S) groups is 1.